The van der Waals surface area contributed by atoms with Crippen molar-refractivity contribution >= 4 is 11.3 Å². The van der Waals surface area contributed by atoms with Gasteiger partial charge in [0.1, 0.15) is 10.7 Å². The molecule has 1 unspecified atom stereocenters. The van der Waals surface area contributed by atoms with Crippen molar-refractivity contribution in [2.45, 2.75) is 12.6 Å². The first-order chi connectivity index (χ1) is 11.4. The molecule has 0 bridgehead atoms. The van der Waals surface area contributed by atoms with Crippen LogP contribution in [0.2, 0.25) is 0 Å². The maximum absolute atomic E-state index is 4.32. The molecule has 1 atom stereocenters. The van der Waals surface area contributed by atoms with Gasteiger partial charge in [0.05, 0.1) is 18.8 Å². The second kappa shape index (κ2) is 6.13. The van der Waals surface area contributed by atoms with Crippen molar-refractivity contribution in [1.29, 1.82) is 0 Å². The quantitative estimate of drug-likeness (QED) is 0.567. The largest absolute Gasteiger partial charge is 0.270 e. The zero-order chi connectivity index (χ0) is 15.5. The predicted octanol–water partition coefficient (Wildman–Crippen LogP) is 2.89. The van der Waals surface area contributed by atoms with E-state index in [1.165, 1.54) is 5.56 Å². The van der Waals surface area contributed by atoms with E-state index < -0.39 is 0 Å². The minimum absolute atomic E-state index is 0.0253. The first-order valence-electron chi connectivity index (χ1n) is 7.24. The van der Waals surface area contributed by atoms with Crippen LogP contribution in [0.1, 0.15) is 11.6 Å². The van der Waals surface area contributed by atoms with Gasteiger partial charge in [-0.1, -0.05) is 35.5 Å². The standard InChI is InChI=1S/C16H14N6S/c1-2-5-13(6-3-1)15(12-21-9-4-7-18-21)22-11-14(19-20-22)16-17-8-10-23-16/h1-11,15H,12H2. The maximum Gasteiger partial charge on any atom is 0.145 e. The minimum Gasteiger partial charge on any atom is -0.270 e. The molecule has 7 heteroatoms. The van der Waals surface area contributed by atoms with E-state index in [-0.39, 0.29) is 6.04 Å². The SMILES string of the molecule is c1ccc(C(Cn2cccn2)n2cc(-c3nccs3)nn2)cc1. The molecule has 6 nitrogen and oxygen atoms in total. The second-order valence-corrected chi connectivity index (χ2v) is 5.97. The van der Waals surface area contributed by atoms with E-state index in [2.05, 4.69) is 32.5 Å². The lowest BCUT2D eigenvalue weighted by Gasteiger charge is -2.17. The Bertz CT molecular complexity index is 851. The Hall–Kier alpha value is -2.80. The first kappa shape index (κ1) is 13.8. The Balaban J connectivity index is 1.70. The van der Waals surface area contributed by atoms with Gasteiger partial charge in [0, 0.05) is 24.0 Å². The number of benzene rings is 1. The van der Waals surface area contributed by atoms with Gasteiger partial charge in [-0.2, -0.15) is 5.10 Å². The van der Waals surface area contributed by atoms with Gasteiger partial charge < -0.3 is 0 Å². The highest BCUT2D eigenvalue weighted by atomic mass is 32.1. The maximum atomic E-state index is 4.32. The molecular formula is C16H14N6S. The molecule has 23 heavy (non-hydrogen) atoms. The normalized spacial score (nSPS) is 12.3. The number of hydrogen-bond donors (Lipinski definition) is 0. The van der Waals surface area contributed by atoms with Crippen LogP contribution in [0, 0.1) is 0 Å². The summed E-state index contributed by atoms with van der Waals surface area (Å²) >= 11 is 1.56. The summed E-state index contributed by atoms with van der Waals surface area (Å²) in [6, 6.07) is 12.2. The van der Waals surface area contributed by atoms with Crippen LogP contribution in [0.3, 0.4) is 0 Å². The average molecular weight is 322 g/mol. The number of thiazole rings is 1. The van der Waals surface area contributed by atoms with E-state index in [0.29, 0.717) is 6.54 Å². The Morgan fingerprint density at radius 3 is 2.74 bits per heavy atom. The van der Waals surface area contributed by atoms with Crippen LogP contribution in [0.15, 0.2) is 66.6 Å². The number of rotatable bonds is 5. The van der Waals surface area contributed by atoms with Crippen molar-refractivity contribution in [3.63, 3.8) is 0 Å². The fraction of sp³-hybridized carbons (Fsp3) is 0.125. The molecule has 0 N–H and O–H groups in total. The molecule has 3 aromatic heterocycles. The molecule has 0 aliphatic heterocycles. The third-order valence-corrected chi connectivity index (χ3v) is 4.38. The fourth-order valence-corrected chi connectivity index (χ4v) is 3.07. The van der Waals surface area contributed by atoms with Crippen LogP contribution < -0.4 is 0 Å². The lowest BCUT2D eigenvalue weighted by molar-refractivity contribution is 0.421. The second-order valence-electron chi connectivity index (χ2n) is 5.08. The Kier molecular flexibility index (Phi) is 3.69. The molecule has 0 amide bonds. The van der Waals surface area contributed by atoms with E-state index in [1.54, 1.807) is 23.7 Å². The van der Waals surface area contributed by atoms with E-state index in [9.17, 15) is 0 Å². The third kappa shape index (κ3) is 2.91. The summed E-state index contributed by atoms with van der Waals surface area (Å²) in [6.45, 7) is 0.692. The van der Waals surface area contributed by atoms with E-state index in [0.717, 1.165) is 10.7 Å². The van der Waals surface area contributed by atoms with Crippen molar-refractivity contribution < 1.29 is 0 Å². The molecule has 0 saturated carbocycles. The van der Waals surface area contributed by atoms with Gasteiger partial charge in [0.25, 0.3) is 0 Å². The Labute approximate surface area is 137 Å². The zero-order valence-corrected chi connectivity index (χ0v) is 13.0. The summed E-state index contributed by atoms with van der Waals surface area (Å²) in [6.07, 6.45) is 7.45. The van der Waals surface area contributed by atoms with Gasteiger partial charge in [-0.3, -0.25) is 4.68 Å². The molecule has 1 aromatic carbocycles. The Morgan fingerprint density at radius 1 is 1.09 bits per heavy atom. The smallest absolute Gasteiger partial charge is 0.145 e. The number of hydrogen-bond acceptors (Lipinski definition) is 5. The summed E-state index contributed by atoms with van der Waals surface area (Å²) in [7, 11) is 0. The lowest BCUT2D eigenvalue weighted by Crippen LogP contribution is -2.18. The van der Waals surface area contributed by atoms with E-state index >= 15 is 0 Å². The van der Waals surface area contributed by atoms with Crippen LogP contribution in [-0.4, -0.2) is 29.8 Å². The molecular weight excluding hydrogens is 308 g/mol. The summed E-state index contributed by atoms with van der Waals surface area (Å²) in [5, 5.41) is 15.7. The topological polar surface area (TPSA) is 61.4 Å². The van der Waals surface area contributed by atoms with Crippen LogP contribution in [-0.2, 0) is 6.54 Å². The fourth-order valence-electron chi connectivity index (χ4n) is 2.48. The number of nitrogens with zero attached hydrogens (tertiary/aromatic N) is 6. The molecule has 4 aromatic rings. The molecule has 0 radical (unpaired) electrons. The van der Waals surface area contributed by atoms with Crippen LogP contribution in [0.25, 0.3) is 10.7 Å². The highest BCUT2D eigenvalue weighted by Gasteiger charge is 2.17. The van der Waals surface area contributed by atoms with Crippen LogP contribution in [0.5, 0.6) is 0 Å². The summed E-state index contributed by atoms with van der Waals surface area (Å²) in [5.74, 6) is 0. The van der Waals surface area contributed by atoms with Crippen molar-refractivity contribution in [1.82, 2.24) is 29.8 Å². The molecule has 114 valence electrons. The zero-order valence-electron chi connectivity index (χ0n) is 12.2. The molecule has 4 rings (SSSR count). The number of aromatic nitrogens is 6. The molecule has 3 heterocycles. The lowest BCUT2D eigenvalue weighted by atomic mass is 10.1. The van der Waals surface area contributed by atoms with Gasteiger partial charge >= 0.3 is 0 Å². The van der Waals surface area contributed by atoms with Gasteiger partial charge in [0.2, 0.25) is 0 Å². The van der Waals surface area contributed by atoms with Gasteiger partial charge in [-0.25, -0.2) is 9.67 Å². The Morgan fingerprint density at radius 2 is 2.00 bits per heavy atom. The summed E-state index contributed by atoms with van der Waals surface area (Å²) in [5.41, 5.74) is 1.96. The minimum atomic E-state index is 0.0253. The summed E-state index contributed by atoms with van der Waals surface area (Å²) < 4.78 is 3.79. The first-order valence-corrected chi connectivity index (χ1v) is 8.12. The van der Waals surface area contributed by atoms with Crippen LogP contribution >= 0.6 is 11.3 Å². The van der Waals surface area contributed by atoms with Crippen molar-refractivity contribution in [3.8, 4) is 10.7 Å². The van der Waals surface area contributed by atoms with Crippen molar-refractivity contribution in [3.05, 3.63) is 72.1 Å². The molecule has 0 fully saturated rings. The average Bonchev–Trinajstić information content (AvgIpc) is 3.34. The van der Waals surface area contributed by atoms with Gasteiger partial charge in [0.15, 0.2) is 0 Å². The summed E-state index contributed by atoms with van der Waals surface area (Å²) in [4.78, 5) is 4.29. The molecule has 0 saturated heterocycles. The molecule has 0 aliphatic carbocycles. The van der Waals surface area contributed by atoms with Gasteiger partial charge in [-0.15, -0.1) is 16.4 Å². The highest BCUT2D eigenvalue weighted by molar-refractivity contribution is 7.13. The van der Waals surface area contributed by atoms with E-state index in [1.807, 2.05) is 51.4 Å². The van der Waals surface area contributed by atoms with Crippen LogP contribution in [0.4, 0.5) is 0 Å². The predicted molar refractivity (Wildman–Crippen MR) is 87.9 cm³/mol. The van der Waals surface area contributed by atoms with E-state index in [4.69, 9.17) is 0 Å². The van der Waals surface area contributed by atoms with Crippen molar-refractivity contribution in [2.24, 2.45) is 0 Å². The molecule has 0 aliphatic rings. The highest BCUT2D eigenvalue weighted by Crippen LogP contribution is 2.23. The molecule has 0 spiro atoms. The van der Waals surface area contributed by atoms with Gasteiger partial charge in [-0.05, 0) is 11.6 Å². The monoisotopic (exact) mass is 322 g/mol. The van der Waals surface area contributed by atoms with Crippen molar-refractivity contribution in [2.75, 3.05) is 0 Å². The third-order valence-electron chi connectivity index (χ3n) is 3.58.